The first-order valence-corrected chi connectivity index (χ1v) is 7.42. The Kier molecular flexibility index (Phi) is 5.30. The molecule has 1 N–H and O–H groups in total. The molecule has 1 aromatic carbocycles. The van der Waals surface area contributed by atoms with Gasteiger partial charge >= 0.3 is 0 Å². The summed E-state index contributed by atoms with van der Waals surface area (Å²) in [6, 6.07) is 6.17. The molecule has 0 bridgehead atoms. The zero-order valence-corrected chi connectivity index (χ0v) is 12.7. The molecule has 2 aromatic rings. The molecule has 0 fully saturated rings. The topological polar surface area (TPSA) is 41.0 Å². The molecule has 20 heavy (non-hydrogen) atoms. The van der Waals surface area contributed by atoms with Gasteiger partial charge in [-0.3, -0.25) is 0 Å². The second kappa shape index (κ2) is 7.20. The molecule has 1 heterocycles. The summed E-state index contributed by atoms with van der Waals surface area (Å²) in [6.07, 6.45) is 2.76. The number of aromatic nitrogens is 2. The highest BCUT2D eigenvalue weighted by Gasteiger charge is 2.05. The second-order valence-electron chi connectivity index (χ2n) is 5.00. The highest BCUT2D eigenvalue weighted by Crippen LogP contribution is 2.22. The fraction of sp³-hybridized carbons (Fsp3) is 0.500. The van der Waals surface area contributed by atoms with Crippen LogP contribution in [0.3, 0.4) is 0 Å². The molecule has 2 rings (SSSR count). The van der Waals surface area contributed by atoms with Crippen LogP contribution in [0.1, 0.15) is 25.8 Å². The molecule has 1 aromatic heterocycles. The number of benzene rings is 1. The van der Waals surface area contributed by atoms with E-state index in [1.165, 1.54) is 5.56 Å². The third kappa shape index (κ3) is 3.45. The summed E-state index contributed by atoms with van der Waals surface area (Å²) in [6.45, 7) is 10.8. The van der Waals surface area contributed by atoms with E-state index in [1.807, 2.05) is 12.1 Å². The minimum absolute atomic E-state index is 0.941. The van der Waals surface area contributed by atoms with Gasteiger partial charge in [-0.25, -0.2) is 9.97 Å². The van der Waals surface area contributed by atoms with Crippen LogP contribution in [-0.2, 0) is 0 Å². The van der Waals surface area contributed by atoms with Crippen LogP contribution in [0, 0.1) is 6.92 Å². The summed E-state index contributed by atoms with van der Waals surface area (Å²) in [5, 5.41) is 4.59. The summed E-state index contributed by atoms with van der Waals surface area (Å²) in [7, 11) is 0. The van der Waals surface area contributed by atoms with E-state index in [1.54, 1.807) is 6.33 Å². The van der Waals surface area contributed by atoms with Crippen molar-refractivity contribution in [1.82, 2.24) is 14.9 Å². The Hall–Kier alpha value is -1.68. The minimum Gasteiger partial charge on any atom is -0.369 e. The number of aryl methyl sites for hydroxylation is 1. The minimum atomic E-state index is 0.941. The summed E-state index contributed by atoms with van der Waals surface area (Å²) < 4.78 is 0. The van der Waals surface area contributed by atoms with Gasteiger partial charge in [0, 0.05) is 11.9 Å². The van der Waals surface area contributed by atoms with Gasteiger partial charge in [-0.2, -0.15) is 0 Å². The highest BCUT2D eigenvalue weighted by molar-refractivity contribution is 5.91. The molecule has 108 valence electrons. The Morgan fingerprint density at radius 2 is 1.95 bits per heavy atom. The van der Waals surface area contributed by atoms with E-state index in [9.17, 15) is 0 Å². The lowest BCUT2D eigenvalue weighted by Gasteiger charge is -2.18. The molecule has 0 saturated heterocycles. The van der Waals surface area contributed by atoms with Crippen molar-refractivity contribution in [3.63, 3.8) is 0 Å². The van der Waals surface area contributed by atoms with Crippen molar-refractivity contribution in [3.8, 4) is 0 Å². The normalized spacial score (nSPS) is 11.2. The van der Waals surface area contributed by atoms with Crippen molar-refractivity contribution in [1.29, 1.82) is 0 Å². The maximum absolute atomic E-state index is 4.39. The van der Waals surface area contributed by atoms with Crippen LogP contribution in [-0.4, -0.2) is 41.0 Å². The predicted octanol–water partition coefficient (Wildman–Crippen LogP) is 3.08. The first kappa shape index (κ1) is 14.7. The van der Waals surface area contributed by atoms with Gasteiger partial charge < -0.3 is 10.2 Å². The van der Waals surface area contributed by atoms with Crippen LogP contribution in [0.15, 0.2) is 24.5 Å². The molecule has 4 nitrogen and oxygen atoms in total. The molecule has 0 spiro atoms. The van der Waals surface area contributed by atoms with E-state index >= 15 is 0 Å². The van der Waals surface area contributed by atoms with Gasteiger partial charge in [0.25, 0.3) is 0 Å². The third-order valence-corrected chi connectivity index (χ3v) is 3.71. The van der Waals surface area contributed by atoms with Crippen LogP contribution in [0.4, 0.5) is 5.82 Å². The quantitative estimate of drug-likeness (QED) is 0.786. The Morgan fingerprint density at radius 3 is 2.70 bits per heavy atom. The third-order valence-electron chi connectivity index (χ3n) is 3.71. The maximum Gasteiger partial charge on any atom is 0.137 e. The van der Waals surface area contributed by atoms with Crippen LogP contribution < -0.4 is 5.32 Å². The van der Waals surface area contributed by atoms with Gasteiger partial charge in [0.05, 0.1) is 5.52 Å². The summed E-state index contributed by atoms with van der Waals surface area (Å²) in [5.74, 6) is 0.952. The maximum atomic E-state index is 4.39. The van der Waals surface area contributed by atoms with Gasteiger partial charge in [0.15, 0.2) is 0 Å². The first-order chi connectivity index (χ1) is 9.76. The van der Waals surface area contributed by atoms with Crippen LogP contribution in [0.2, 0.25) is 0 Å². The Morgan fingerprint density at radius 1 is 1.15 bits per heavy atom. The molecule has 0 aliphatic rings. The molecular formula is C16H24N4. The zero-order valence-electron chi connectivity index (χ0n) is 12.7. The number of fused-ring (bicyclic) bond motifs is 1. The number of nitrogens with one attached hydrogen (secondary N) is 1. The zero-order chi connectivity index (χ0) is 14.4. The number of rotatable bonds is 7. The number of hydrogen-bond donors (Lipinski definition) is 1. The van der Waals surface area contributed by atoms with E-state index in [0.717, 1.165) is 49.3 Å². The molecule has 0 aliphatic carbocycles. The lowest BCUT2D eigenvalue weighted by Crippen LogP contribution is -2.25. The van der Waals surface area contributed by atoms with Crippen molar-refractivity contribution in [2.75, 3.05) is 31.5 Å². The van der Waals surface area contributed by atoms with Gasteiger partial charge in [0.1, 0.15) is 12.1 Å². The average molecular weight is 272 g/mol. The van der Waals surface area contributed by atoms with Crippen molar-refractivity contribution in [2.45, 2.75) is 27.2 Å². The van der Waals surface area contributed by atoms with Gasteiger partial charge in [0.2, 0.25) is 0 Å². The van der Waals surface area contributed by atoms with Crippen molar-refractivity contribution >= 4 is 16.7 Å². The molecule has 0 radical (unpaired) electrons. The molecule has 4 heteroatoms. The van der Waals surface area contributed by atoms with Gasteiger partial charge in [-0.1, -0.05) is 26.0 Å². The van der Waals surface area contributed by atoms with Crippen LogP contribution in [0.25, 0.3) is 10.9 Å². The van der Waals surface area contributed by atoms with Crippen molar-refractivity contribution < 1.29 is 0 Å². The molecule has 0 amide bonds. The van der Waals surface area contributed by atoms with E-state index in [4.69, 9.17) is 0 Å². The Labute approximate surface area is 121 Å². The lowest BCUT2D eigenvalue weighted by atomic mass is 10.1. The number of nitrogens with zero attached hydrogens (tertiary/aromatic N) is 3. The second-order valence-corrected chi connectivity index (χ2v) is 5.00. The molecule has 0 unspecified atom stereocenters. The Balaban J connectivity index is 2.00. The monoisotopic (exact) mass is 272 g/mol. The summed E-state index contributed by atoms with van der Waals surface area (Å²) in [5.41, 5.74) is 2.22. The van der Waals surface area contributed by atoms with Gasteiger partial charge in [-0.05, 0) is 44.6 Å². The fourth-order valence-electron chi connectivity index (χ4n) is 2.46. The molecule has 0 aliphatic heterocycles. The predicted molar refractivity (Wildman–Crippen MR) is 85.2 cm³/mol. The van der Waals surface area contributed by atoms with Crippen LogP contribution >= 0.6 is 0 Å². The smallest absolute Gasteiger partial charge is 0.137 e. The Bertz CT molecular complexity index is 544. The summed E-state index contributed by atoms with van der Waals surface area (Å²) in [4.78, 5) is 11.2. The van der Waals surface area contributed by atoms with Crippen molar-refractivity contribution in [2.24, 2.45) is 0 Å². The highest BCUT2D eigenvalue weighted by atomic mass is 15.1. The summed E-state index contributed by atoms with van der Waals surface area (Å²) >= 11 is 0. The molecule has 0 atom stereocenters. The van der Waals surface area contributed by atoms with E-state index in [2.05, 4.69) is 47.0 Å². The van der Waals surface area contributed by atoms with Crippen LogP contribution in [0.5, 0.6) is 0 Å². The molecule has 0 saturated carbocycles. The number of anilines is 1. The van der Waals surface area contributed by atoms with E-state index in [0.29, 0.717) is 0 Å². The fourth-order valence-corrected chi connectivity index (χ4v) is 2.46. The number of hydrogen-bond acceptors (Lipinski definition) is 4. The van der Waals surface area contributed by atoms with Gasteiger partial charge in [-0.15, -0.1) is 0 Å². The van der Waals surface area contributed by atoms with Crippen molar-refractivity contribution in [3.05, 3.63) is 30.1 Å². The average Bonchev–Trinajstić information content (AvgIpc) is 2.47. The largest absolute Gasteiger partial charge is 0.369 e. The molecular weight excluding hydrogens is 248 g/mol. The van der Waals surface area contributed by atoms with E-state index in [-0.39, 0.29) is 0 Å². The lowest BCUT2D eigenvalue weighted by molar-refractivity contribution is 0.303. The standard InChI is InChI=1S/C16H24N4/c1-4-20(5-2)11-7-10-17-16-15-13(3)8-6-9-14(15)18-12-19-16/h6,8-9,12H,4-5,7,10-11H2,1-3H3,(H,17,18,19). The SMILES string of the molecule is CCN(CC)CCCNc1ncnc2cccc(C)c12. The first-order valence-electron chi connectivity index (χ1n) is 7.42. The van der Waals surface area contributed by atoms with E-state index < -0.39 is 0 Å².